The first-order chi connectivity index (χ1) is 16.0. The quantitative estimate of drug-likeness (QED) is 0.397. The van der Waals surface area contributed by atoms with Gasteiger partial charge in [-0.25, -0.2) is 0 Å². The summed E-state index contributed by atoms with van der Waals surface area (Å²) >= 11 is 0. The molecule has 1 fully saturated rings. The molecule has 3 heteroatoms. The Labute approximate surface area is 199 Å². The highest BCUT2D eigenvalue weighted by molar-refractivity contribution is 5.73. The topological polar surface area (TPSA) is 29.5 Å². The second-order valence-corrected chi connectivity index (χ2v) is 10.4. The van der Waals surface area contributed by atoms with Crippen molar-refractivity contribution in [2.75, 3.05) is 20.1 Å². The Balaban J connectivity index is 1.43. The van der Waals surface area contributed by atoms with Crippen molar-refractivity contribution in [3.8, 4) is 0 Å². The lowest BCUT2D eigenvalue weighted by atomic mass is 9.60. The molecule has 0 amide bonds. The van der Waals surface area contributed by atoms with Crippen molar-refractivity contribution in [2.24, 2.45) is 17.8 Å². The van der Waals surface area contributed by atoms with E-state index in [4.69, 9.17) is 4.74 Å². The molecule has 3 aliphatic rings. The number of fused-ring (bicyclic) bond motifs is 2. The Morgan fingerprint density at radius 3 is 2.36 bits per heavy atom. The summed E-state index contributed by atoms with van der Waals surface area (Å²) < 4.78 is 6.37. The van der Waals surface area contributed by atoms with E-state index in [0.717, 1.165) is 45.2 Å². The number of allylic oxidation sites excluding steroid dienone is 1. The number of carbonyl (C=O) groups excluding carboxylic acids is 1. The molecule has 5 rings (SSSR count). The predicted octanol–water partition coefficient (Wildman–Crippen LogP) is 6.39. The molecule has 0 heterocycles. The van der Waals surface area contributed by atoms with E-state index in [-0.39, 0.29) is 17.5 Å². The van der Waals surface area contributed by atoms with Crippen LogP contribution in [0.2, 0.25) is 0 Å². The van der Waals surface area contributed by atoms with Crippen molar-refractivity contribution in [2.45, 2.75) is 58.0 Å². The molecule has 1 saturated carbocycles. The number of esters is 1. The van der Waals surface area contributed by atoms with E-state index in [1.165, 1.54) is 23.1 Å². The SMILES string of the molecule is CC(C)C(=O)O[C@]1(CCN(C)CCCc2ccccc2)C[C@@H]2CC[C@H]1C=C2c1ccccc1. The van der Waals surface area contributed by atoms with Crippen LogP contribution in [0.4, 0.5) is 0 Å². The van der Waals surface area contributed by atoms with Crippen LogP contribution in [-0.4, -0.2) is 36.6 Å². The largest absolute Gasteiger partial charge is 0.458 e. The maximum Gasteiger partial charge on any atom is 0.308 e. The molecule has 3 atom stereocenters. The number of hydrogen-bond acceptors (Lipinski definition) is 3. The van der Waals surface area contributed by atoms with E-state index in [1.54, 1.807) is 0 Å². The third-order valence-electron chi connectivity index (χ3n) is 7.56. The summed E-state index contributed by atoms with van der Waals surface area (Å²) in [5.74, 6) is 0.631. The van der Waals surface area contributed by atoms with Gasteiger partial charge in [0.05, 0.1) is 5.92 Å². The van der Waals surface area contributed by atoms with Crippen molar-refractivity contribution in [3.63, 3.8) is 0 Å². The lowest BCUT2D eigenvalue weighted by molar-refractivity contribution is -0.176. The Morgan fingerprint density at radius 1 is 1.03 bits per heavy atom. The lowest BCUT2D eigenvalue weighted by Gasteiger charge is -2.50. The standard InChI is InChI=1S/C30H39NO2/c1-23(2)29(32)33-30(18-20-31(3)19-10-13-24-11-6-4-7-12-24)22-26-16-17-27(30)21-28(26)25-14-8-5-9-15-25/h4-9,11-12,14-15,21,23,26-27H,10,13,16-20,22H2,1-3H3/t26-,27-,30+/m0/s1. The smallest absolute Gasteiger partial charge is 0.308 e. The van der Waals surface area contributed by atoms with Gasteiger partial charge in [0.2, 0.25) is 0 Å². The molecule has 33 heavy (non-hydrogen) atoms. The number of ether oxygens (including phenoxy) is 1. The van der Waals surface area contributed by atoms with Gasteiger partial charge in [0, 0.05) is 18.9 Å². The molecular formula is C30H39NO2. The Morgan fingerprint density at radius 2 is 1.73 bits per heavy atom. The molecule has 0 spiro atoms. The number of hydrogen-bond donors (Lipinski definition) is 0. The fraction of sp³-hybridized carbons (Fsp3) is 0.500. The van der Waals surface area contributed by atoms with Gasteiger partial charge in [-0.2, -0.15) is 0 Å². The molecule has 0 saturated heterocycles. The van der Waals surface area contributed by atoms with Crippen LogP contribution in [0.5, 0.6) is 0 Å². The Bertz CT molecular complexity index is 936. The molecule has 2 bridgehead atoms. The lowest BCUT2D eigenvalue weighted by Crippen LogP contribution is -2.51. The normalized spacial score (nSPS) is 24.2. The van der Waals surface area contributed by atoms with Crippen LogP contribution in [0.3, 0.4) is 0 Å². The van der Waals surface area contributed by atoms with E-state index in [9.17, 15) is 4.79 Å². The molecule has 0 N–H and O–H groups in total. The summed E-state index contributed by atoms with van der Waals surface area (Å²) in [7, 11) is 2.20. The van der Waals surface area contributed by atoms with Crippen molar-refractivity contribution in [3.05, 3.63) is 77.9 Å². The van der Waals surface area contributed by atoms with Gasteiger partial charge in [0.15, 0.2) is 0 Å². The average molecular weight is 446 g/mol. The summed E-state index contributed by atoms with van der Waals surface area (Å²) in [4.78, 5) is 15.2. The maximum absolute atomic E-state index is 12.8. The molecule has 3 nitrogen and oxygen atoms in total. The fourth-order valence-corrected chi connectivity index (χ4v) is 5.59. The molecule has 0 aliphatic heterocycles. The summed E-state index contributed by atoms with van der Waals surface area (Å²) in [6.45, 7) is 5.90. The zero-order valence-corrected chi connectivity index (χ0v) is 20.5. The van der Waals surface area contributed by atoms with Crippen LogP contribution < -0.4 is 0 Å². The van der Waals surface area contributed by atoms with Crippen LogP contribution >= 0.6 is 0 Å². The van der Waals surface area contributed by atoms with Crippen LogP contribution in [-0.2, 0) is 16.0 Å². The van der Waals surface area contributed by atoms with E-state index < -0.39 is 0 Å². The first kappa shape index (κ1) is 23.8. The van der Waals surface area contributed by atoms with Crippen LogP contribution in [0.1, 0.15) is 57.1 Å². The van der Waals surface area contributed by atoms with E-state index in [2.05, 4.69) is 78.7 Å². The highest BCUT2D eigenvalue weighted by Gasteiger charge is 2.50. The van der Waals surface area contributed by atoms with Gasteiger partial charge in [-0.05, 0) is 68.3 Å². The highest BCUT2D eigenvalue weighted by atomic mass is 16.6. The molecule has 0 unspecified atom stereocenters. The number of rotatable bonds is 10. The summed E-state index contributed by atoms with van der Waals surface area (Å²) in [5, 5.41) is 0. The van der Waals surface area contributed by atoms with Crippen LogP contribution in [0.15, 0.2) is 66.7 Å². The van der Waals surface area contributed by atoms with Crippen LogP contribution in [0, 0.1) is 17.8 Å². The maximum atomic E-state index is 12.8. The molecule has 0 aromatic heterocycles. The average Bonchev–Trinajstić information content (AvgIpc) is 2.84. The minimum atomic E-state index is -0.365. The highest BCUT2D eigenvalue weighted by Crippen LogP contribution is 2.53. The van der Waals surface area contributed by atoms with E-state index >= 15 is 0 Å². The number of nitrogens with zero attached hydrogens (tertiary/aromatic N) is 1. The molecule has 176 valence electrons. The van der Waals surface area contributed by atoms with Crippen molar-refractivity contribution >= 4 is 11.5 Å². The summed E-state index contributed by atoms with van der Waals surface area (Å²) in [5.41, 5.74) is 3.82. The van der Waals surface area contributed by atoms with Crippen molar-refractivity contribution in [1.82, 2.24) is 4.90 Å². The molecular weight excluding hydrogens is 406 g/mol. The first-order valence-electron chi connectivity index (χ1n) is 12.7. The summed E-state index contributed by atoms with van der Waals surface area (Å²) in [6.07, 6.45) is 8.86. The van der Waals surface area contributed by atoms with Gasteiger partial charge in [-0.3, -0.25) is 4.79 Å². The molecule has 2 aromatic carbocycles. The third-order valence-corrected chi connectivity index (χ3v) is 7.56. The zero-order valence-electron chi connectivity index (χ0n) is 20.5. The molecule has 3 aliphatic carbocycles. The second kappa shape index (κ2) is 10.7. The number of aryl methyl sites for hydroxylation is 1. The van der Waals surface area contributed by atoms with Crippen molar-refractivity contribution in [1.29, 1.82) is 0 Å². The fourth-order valence-electron chi connectivity index (χ4n) is 5.59. The summed E-state index contributed by atoms with van der Waals surface area (Å²) in [6, 6.07) is 21.5. The van der Waals surface area contributed by atoms with Gasteiger partial charge in [-0.15, -0.1) is 0 Å². The van der Waals surface area contributed by atoms with E-state index in [1.807, 2.05) is 13.8 Å². The third kappa shape index (κ3) is 5.76. The van der Waals surface area contributed by atoms with Gasteiger partial charge < -0.3 is 9.64 Å². The van der Waals surface area contributed by atoms with Crippen LogP contribution in [0.25, 0.3) is 5.57 Å². The number of carbonyl (C=O) groups is 1. The van der Waals surface area contributed by atoms with Gasteiger partial charge in [0.25, 0.3) is 0 Å². The molecule has 0 radical (unpaired) electrons. The zero-order chi connectivity index (χ0) is 23.3. The van der Waals surface area contributed by atoms with Gasteiger partial charge >= 0.3 is 5.97 Å². The van der Waals surface area contributed by atoms with Gasteiger partial charge in [0.1, 0.15) is 5.60 Å². The van der Waals surface area contributed by atoms with E-state index in [0.29, 0.717) is 11.8 Å². The van der Waals surface area contributed by atoms with Gasteiger partial charge in [-0.1, -0.05) is 80.6 Å². The minimum Gasteiger partial charge on any atom is -0.458 e. The minimum absolute atomic E-state index is 0.0519. The molecule has 2 aromatic rings. The first-order valence-corrected chi connectivity index (χ1v) is 12.7. The van der Waals surface area contributed by atoms with Crippen molar-refractivity contribution < 1.29 is 9.53 Å². The Hall–Kier alpha value is -2.39. The second-order valence-electron chi connectivity index (χ2n) is 10.4. The number of benzene rings is 2. The monoisotopic (exact) mass is 445 g/mol. The predicted molar refractivity (Wildman–Crippen MR) is 136 cm³/mol. The Kier molecular flexibility index (Phi) is 7.70.